The first kappa shape index (κ1) is 10.8. The van der Waals surface area contributed by atoms with Crippen LogP contribution in [-0.4, -0.2) is 24.2 Å². The average molecular weight is 195 g/mol. The Bertz CT molecular complexity index is 294. The summed E-state index contributed by atoms with van der Waals surface area (Å²) in [5.74, 6) is 1.46. The van der Waals surface area contributed by atoms with Crippen molar-refractivity contribution in [2.24, 2.45) is 5.73 Å². The minimum Gasteiger partial charge on any atom is -0.493 e. The van der Waals surface area contributed by atoms with Crippen molar-refractivity contribution in [1.29, 1.82) is 0 Å². The number of hydrogen-bond acceptors (Lipinski definition) is 4. The number of aromatic nitrogens is 1. The molecule has 0 saturated carbocycles. The lowest BCUT2D eigenvalue weighted by molar-refractivity contribution is 0.414. The van der Waals surface area contributed by atoms with Crippen molar-refractivity contribution in [3.05, 3.63) is 18.3 Å². The molecule has 1 heterocycles. The average Bonchev–Trinajstić information content (AvgIpc) is 2.14. The molecular formula is C10H17N3O. The summed E-state index contributed by atoms with van der Waals surface area (Å²) in [6.45, 7) is 4.56. The summed E-state index contributed by atoms with van der Waals surface area (Å²) in [5.41, 5.74) is 5.58. The van der Waals surface area contributed by atoms with Gasteiger partial charge in [-0.2, -0.15) is 0 Å². The number of anilines is 1. The largest absolute Gasteiger partial charge is 0.493 e. The molecule has 0 aromatic carbocycles. The number of ether oxygens (including phenoxy) is 1. The van der Waals surface area contributed by atoms with Gasteiger partial charge in [0.15, 0.2) is 11.6 Å². The zero-order chi connectivity index (χ0) is 10.6. The van der Waals surface area contributed by atoms with Crippen LogP contribution in [0.1, 0.15) is 13.8 Å². The van der Waals surface area contributed by atoms with Gasteiger partial charge in [-0.15, -0.1) is 0 Å². The minimum absolute atomic E-state index is 0.261. The zero-order valence-corrected chi connectivity index (χ0v) is 8.87. The molecule has 0 aliphatic carbocycles. The van der Waals surface area contributed by atoms with Crippen LogP contribution in [-0.2, 0) is 0 Å². The van der Waals surface area contributed by atoms with E-state index >= 15 is 0 Å². The van der Waals surface area contributed by atoms with E-state index in [1.165, 1.54) is 0 Å². The second-order valence-corrected chi connectivity index (χ2v) is 3.90. The summed E-state index contributed by atoms with van der Waals surface area (Å²) in [6.07, 6.45) is 1.72. The van der Waals surface area contributed by atoms with E-state index in [0.717, 1.165) is 11.6 Å². The van der Waals surface area contributed by atoms with E-state index in [-0.39, 0.29) is 5.54 Å². The van der Waals surface area contributed by atoms with Crippen LogP contribution in [0.2, 0.25) is 0 Å². The lowest BCUT2D eigenvalue weighted by atomic mass is 10.1. The molecule has 1 aromatic heterocycles. The number of nitrogens with one attached hydrogen (secondary N) is 1. The van der Waals surface area contributed by atoms with Crippen LogP contribution in [0.25, 0.3) is 0 Å². The van der Waals surface area contributed by atoms with Crippen LogP contribution in [0.4, 0.5) is 5.82 Å². The van der Waals surface area contributed by atoms with Gasteiger partial charge in [0.25, 0.3) is 0 Å². The number of rotatable bonds is 4. The zero-order valence-electron chi connectivity index (χ0n) is 8.87. The van der Waals surface area contributed by atoms with Gasteiger partial charge in [-0.1, -0.05) is 0 Å². The predicted octanol–water partition coefficient (Wildman–Crippen LogP) is 1.24. The summed E-state index contributed by atoms with van der Waals surface area (Å²) in [4.78, 5) is 4.16. The molecule has 14 heavy (non-hydrogen) atoms. The third-order valence-electron chi connectivity index (χ3n) is 1.70. The van der Waals surface area contributed by atoms with Crippen molar-refractivity contribution in [2.45, 2.75) is 19.4 Å². The van der Waals surface area contributed by atoms with E-state index in [1.54, 1.807) is 13.3 Å². The van der Waals surface area contributed by atoms with E-state index in [9.17, 15) is 0 Å². The molecule has 3 N–H and O–H groups in total. The quantitative estimate of drug-likeness (QED) is 0.758. The van der Waals surface area contributed by atoms with Crippen LogP contribution >= 0.6 is 0 Å². The van der Waals surface area contributed by atoms with E-state index in [4.69, 9.17) is 10.5 Å². The highest BCUT2D eigenvalue weighted by Gasteiger charge is 2.11. The molecule has 0 aliphatic rings. The van der Waals surface area contributed by atoms with Gasteiger partial charge in [0.2, 0.25) is 0 Å². The highest BCUT2D eigenvalue weighted by molar-refractivity contribution is 5.49. The molecule has 0 spiro atoms. The molecule has 1 rings (SSSR count). The van der Waals surface area contributed by atoms with E-state index in [0.29, 0.717) is 6.54 Å². The minimum atomic E-state index is -0.261. The standard InChI is InChI=1S/C10H17N3O/c1-10(2,11)7-13-9-8(14-3)5-4-6-12-9/h4-6H,7,11H2,1-3H3,(H,12,13). The van der Waals surface area contributed by atoms with Crippen molar-refractivity contribution in [2.75, 3.05) is 19.0 Å². The molecule has 0 saturated heterocycles. The highest BCUT2D eigenvalue weighted by atomic mass is 16.5. The first-order valence-electron chi connectivity index (χ1n) is 4.55. The fourth-order valence-electron chi connectivity index (χ4n) is 1.000. The Kier molecular flexibility index (Phi) is 3.30. The second kappa shape index (κ2) is 4.28. The number of pyridine rings is 1. The number of nitrogens with zero attached hydrogens (tertiary/aromatic N) is 1. The van der Waals surface area contributed by atoms with Gasteiger partial charge in [0.05, 0.1) is 7.11 Å². The Morgan fingerprint density at radius 2 is 2.29 bits per heavy atom. The Morgan fingerprint density at radius 1 is 1.57 bits per heavy atom. The molecule has 0 unspecified atom stereocenters. The van der Waals surface area contributed by atoms with Crippen LogP contribution in [0.15, 0.2) is 18.3 Å². The van der Waals surface area contributed by atoms with Crippen molar-refractivity contribution >= 4 is 5.82 Å². The smallest absolute Gasteiger partial charge is 0.168 e. The lowest BCUT2D eigenvalue weighted by Gasteiger charge is -2.20. The Morgan fingerprint density at radius 3 is 2.86 bits per heavy atom. The first-order valence-corrected chi connectivity index (χ1v) is 4.55. The summed E-state index contributed by atoms with van der Waals surface area (Å²) in [5, 5.41) is 3.14. The highest BCUT2D eigenvalue weighted by Crippen LogP contribution is 2.20. The molecule has 0 radical (unpaired) electrons. The SMILES string of the molecule is COc1cccnc1NCC(C)(C)N. The molecule has 0 bridgehead atoms. The van der Waals surface area contributed by atoms with Gasteiger partial charge in [-0.05, 0) is 26.0 Å². The Hall–Kier alpha value is -1.29. The van der Waals surface area contributed by atoms with E-state index < -0.39 is 0 Å². The number of nitrogens with two attached hydrogens (primary N) is 1. The first-order chi connectivity index (χ1) is 6.53. The summed E-state index contributed by atoms with van der Waals surface area (Å²) in [7, 11) is 1.62. The van der Waals surface area contributed by atoms with Crippen molar-refractivity contribution in [1.82, 2.24) is 4.98 Å². The van der Waals surface area contributed by atoms with Crippen LogP contribution in [0, 0.1) is 0 Å². The summed E-state index contributed by atoms with van der Waals surface area (Å²) >= 11 is 0. The monoisotopic (exact) mass is 195 g/mol. The molecule has 0 amide bonds. The maximum atomic E-state index is 5.84. The third-order valence-corrected chi connectivity index (χ3v) is 1.70. The molecule has 0 aliphatic heterocycles. The third kappa shape index (κ3) is 3.22. The van der Waals surface area contributed by atoms with Gasteiger partial charge in [0, 0.05) is 18.3 Å². The lowest BCUT2D eigenvalue weighted by Crippen LogP contribution is -2.39. The molecule has 4 heteroatoms. The van der Waals surface area contributed by atoms with Gasteiger partial charge < -0.3 is 15.8 Å². The Balaban J connectivity index is 2.67. The van der Waals surface area contributed by atoms with E-state index in [1.807, 2.05) is 26.0 Å². The number of hydrogen-bond donors (Lipinski definition) is 2. The second-order valence-electron chi connectivity index (χ2n) is 3.90. The van der Waals surface area contributed by atoms with Crippen LogP contribution < -0.4 is 15.8 Å². The Labute approximate surface area is 84.5 Å². The fourth-order valence-corrected chi connectivity index (χ4v) is 1.000. The van der Waals surface area contributed by atoms with Gasteiger partial charge in [0.1, 0.15) is 0 Å². The van der Waals surface area contributed by atoms with Crippen LogP contribution in [0.3, 0.4) is 0 Å². The molecule has 78 valence electrons. The number of methoxy groups -OCH3 is 1. The van der Waals surface area contributed by atoms with Crippen molar-refractivity contribution in [3.8, 4) is 5.75 Å². The van der Waals surface area contributed by atoms with Gasteiger partial charge in [-0.25, -0.2) is 4.98 Å². The maximum Gasteiger partial charge on any atom is 0.168 e. The van der Waals surface area contributed by atoms with Gasteiger partial charge >= 0.3 is 0 Å². The van der Waals surface area contributed by atoms with Crippen molar-refractivity contribution in [3.63, 3.8) is 0 Å². The topological polar surface area (TPSA) is 60.2 Å². The maximum absolute atomic E-state index is 5.84. The summed E-state index contributed by atoms with van der Waals surface area (Å²) < 4.78 is 5.14. The van der Waals surface area contributed by atoms with Gasteiger partial charge in [-0.3, -0.25) is 0 Å². The molecule has 1 aromatic rings. The van der Waals surface area contributed by atoms with Crippen molar-refractivity contribution < 1.29 is 4.74 Å². The van der Waals surface area contributed by atoms with E-state index in [2.05, 4.69) is 10.3 Å². The molecule has 0 atom stereocenters. The normalized spacial score (nSPS) is 11.1. The molecule has 0 fully saturated rings. The summed E-state index contributed by atoms with van der Waals surface area (Å²) in [6, 6.07) is 3.69. The molecule has 4 nitrogen and oxygen atoms in total. The molecular weight excluding hydrogens is 178 g/mol. The predicted molar refractivity (Wildman–Crippen MR) is 57.5 cm³/mol. The fraction of sp³-hybridized carbons (Fsp3) is 0.500. The van der Waals surface area contributed by atoms with Crippen LogP contribution in [0.5, 0.6) is 5.75 Å².